The van der Waals surface area contributed by atoms with Crippen LogP contribution in [0.4, 0.5) is 0 Å². The number of amides is 1. The van der Waals surface area contributed by atoms with Crippen LogP contribution in [0.5, 0.6) is 17.2 Å². The van der Waals surface area contributed by atoms with Crippen LogP contribution in [0.1, 0.15) is 11.1 Å². The molecule has 0 aliphatic carbocycles. The Hall–Kier alpha value is -4.52. The van der Waals surface area contributed by atoms with Crippen LogP contribution in [0.2, 0.25) is 0 Å². The summed E-state index contributed by atoms with van der Waals surface area (Å²) < 4.78 is 18.0. The number of hydrogen-bond acceptors (Lipinski definition) is 5. The first-order valence-corrected chi connectivity index (χ1v) is 11.5. The van der Waals surface area contributed by atoms with E-state index in [0.29, 0.717) is 23.8 Å². The molecule has 0 N–H and O–H groups in total. The smallest absolute Gasteiger partial charge is 0.246 e. The number of rotatable bonds is 9. The minimum atomic E-state index is -0.136. The van der Waals surface area contributed by atoms with Gasteiger partial charge in [-0.25, -0.2) is 4.68 Å². The molecule has 1 aromatic heterocycles. The maximum Gasteiger partial charge on any atom is 0.246 e. The number of nitrogens with zero attached hydrogens (tertiary/aromatic N) is 3. The average Bonchev–Trinajstić information content (AvgIpc) is 3.36. The second-order valence-electron chi connectivity index (χ2n) is 8.13. The van der Waals surface area contributed by atoms with Crippen LogP contribution < -0.4 is 14.2 Å². The molecule has 0 spiro atoms. The molecule has 1 heterocycles. The summed E-state index contributed by atoms with van der Waals surface area (Å²) in [7, 11) is 6.58. The molecule has 4 aromatic rings. The molecule has 0 unspecified atom stereocenters. The third kappa shape index (κ3) is 5.41. The second-order valence-corrected chi connectivity index (χ2v) is 8.13. The van der Waals surface area contributed by atoms with E-state index in [1.807, 2.05) is 79.0 Å². The maximum absolute atomic E-state index is 13.0. The van der Waals surface area contributed by atoms with Crippen molar-refractivity contribution in [1.82, 2.24) is 14.7 Å². The van der Waals surface area contributed by atoms with E-state index in [0.717, 1.165) is 28.1 Å². The molecule has 36 heavy (non-hydrogen) atoms. The van der Waals surface area contributed by atoms with Gasteiger partial charge in [0, 0.05) is 37.0 Å². The maximum atomic E-state index is 13.0. The minimum Gasteiger partial charge on any atom is -0.496 e. The lowest BCUT2D eigenvalue weighted by atomic mass is 10.1. The fraction of sp³-hybridized carbons (Fsp3) is 0.172. The van der Waals surface area contributed by atoms with E-state index >= 15 is 0 Å². The Morgan fingerprint density at radius 1 is 0.889 bits per heavy atom. The van der Waals surface area contributed by atoms with Crippen LogP contribution in [-0.4, -0.2) is 49.0 Å². The van der Waals surface area contributed by atoms with Gasteiger partial charge < -0.3 is 19.1 Å². The molecule has 7 nitrogen and oxygen atoms in total. The molecule has 3 aromatic carbocycles. The lowest BCUT2D eigenvalue weighted by Crippen LogP contribution is -2.24. The van der Waals surface area contributed by atoms with Gasteiger partial charge in [-0.05, 0) is 48.0 Å². The fourth-order valence-corrected chi connectivity index (χ4v) is 3.89. The lowest BCUT2D eigenvalue weighted by Gasteiger charge is -2.16. The molecule has 0 saturated heterocycles. The van der Waals surface area contributed by atoms with Gasteiger partial charge in [0.05, 0.1) is 27.0 Å². The van der Waals surface area contributed by atoms with E-state index in [9.17, 15) is 4.79 Å². The quantitative estimate of drug-likeness (QED) is 0.305. The number of ether oxygens (including phenoxy) is 3. The van der Waals surface area contributed by atoms with Crippen LogP contribution in [0.15, 0.2) is 85.1 Å². The van der Waals surface area contributed by atoms with Gasteiger partial charge in [-0.2, -0.15) is 5.10 Å². The van der Waals surface area contributed by atoms with Gasteiger partial charge in [-0.1, -0.05) is 36.4 Å². The standard InChI is InChI=1S/C29H29N3O4/c1-31(19-21-14-16-26(35-3)27(18-21)36-4)28(33)17-15-22-20-32(23-10-6-5-7-11-23)30-29(22)24-12-8-9-13-25(24)34-2/h5-18,20H,19H2,1-4H3/b17-15+. The molecule has 1 amide bonds. The van der Waals surface area contributed by atoms with Gasteiger partial charge in [-0.15, -0.1) is 0 Å². The zero-order chi connectivity index (χ0) is 25.5. The number of methoxy groups -OCH3 is 3. The van der Waals surface area contributed by atoms with Gasteiger partial charge in [0.2, 0.25) is 5.91 Å². The summed E-state index contributed by atoms with van der Waals surface area (Å²) >= 11 is 0. The van der Waals surface area contributed by atoms with Gasteiger partial charge >= 0.3 is 0 Å². The first-order chi connectivity index (χ1) is 17.5. The summed E-state index contributed by atoms with van der Waals surface area (Å²) in [6.07, 6.45) is 5.27. The fourth-order valence-electron chi connectivity index (χ4n) is 3.89. The Kier molecular flexibility index (Phi) is 7.70. The molecule has 0 aliphatic heterocycles. The first-order valence-electron chi connectivity index (χ1n) is 11.5. The van der Waals surface area contributed by atoms with Crippen LogP contribution in [0.3, 0.4) is 0 Å². The van der Waals surface area contributed by atoms with Crippen LogP contribution >= 0.6 is 0 Å². The zero-order valence-electron chi connectivity index (χ0n) is 20.8. The molecule has 0 bridgehead atoms. The van der Waals surface area contributed by atoms with Crippen molar-refractivity contribution in [2.75, 3.05) is 28.4 Å². The van der Waals surface area contributed by atoms with E-state index in [4.69, 9.17) is 19.3 Å². The van der Waals surface area contributed by atoms with E-state index in [1.54, 1.807) is 50.1 Å². The van der Waals surface area contributed by atoms with E-state index in [-0.39, 0.29) is 5.91 Å². The topological polar surface area (TPSA) is 65.8 Å². The number of aromatic nitrogens is 2. The number of benzene rings is 3. The average molecular weight is 484 g/mol. The van der Waals surface area contributed by atoms with Gasteiger partial charge in [0.1, 0.15) is 11.4 Å². The Bertz CT molecular complexity index is 1360. The normalized spacial score (nSPS) is 10.9. The Morgan fingerprint density at radius 2 is 1.58 bits per heavy atom. The highest BCUT2D eigenvalue weighted by atomic mass is 16.5. The van der Waals surface area contributed by atoms with Crippen molar-refractivity contribution in [2.24, 2.45) is 0 Å². The van der Waals surface area contributed by atoms with Crippen molar-refractivity contribution in [3.05, 3.63) is 96.2 Å². The zero-order valence-corrected chi connectivity index (χ0v) is 20.8. The Morgan fingerprint density at radius 3 is 2.31 bits per heavy atom. The van der Waals surface area contributed by atoms with Crippen LogP contribution in [0, 0.1) is 0 Å². The van der Waals surface area contributed by atoms with Crippen LogP contribution in [0.25, 0.3) is 23.0 Å². The summed E-state index contributed by atoms with van der Waals surface area (Å²) in [5, 5.41) is 4.82. The summed E-state index contributed by atoms with van der Waals surface area (Å²) in [4.78, 5) is 14.6. The SMILES string of the molecule is COc1ccc(CN(C)C(=O)/C=C/c2cn(-c3ccccc3)nc2-c2ccccc2OC)cc1OC. The van der Waals surface area contributed by atoms with Crippen molar-refractivity contribution in [3.63, 3.8) is 0 Å². The molecule has 0 saturated carbocycles. The Labute approximate surface area is 211 Å². The molecule has 4 rings (SSSR count). The molecule has 0 fully saturated rings. The van der Waals surface area contributed by atoms with E-state index in [1.165, 1.54) is 0 Å². The summed E-state index contributed by atoms with van der Waals surface area (Å²) in [5.74, 6) is 1.85. The monoisotopic (exact) mass is 483 g/mol. The highest BCUT2D eigenvalue weighted by Gasteiger charge is 2.15. The van der Waals surface area contributed by atoms with E-state index in [2.05, 4.69) is 0 Å². The van der Waals surface area contributed by atoms with Gasteiger partial charge in [0.25, 0.3) is 0 Å². The predicted molar refractivity (Wildman–Crippen MR) is 141 cm³/mol. The molecular weight excluding hydrogens is 454 g/mol. The van der Waals surface area contributed by atoms with Gasteiger partial charge in [0.15, 0.2) is 11.5 Å². The molecule has 0 atom stereocenters. The van der Waals surface area contributed by atoms with Crippen molar-refractivity contribution < 1.29 is 19.0 Å². The first kappa shape index (κ1) is 24.6. The summed E-state index contributed by atoms with van der Waals surface area (Å²) in [5.41, 5.74) is 4.23. The third-order valence-electron chi connectivity index (χ3n) is 5.77. The highest BCUT2D eigenvalue weighted by molar-refractivity contribution is 5.93. The molecular formula is C29H29N3O4. The minimum absolute atomic E-state index is 0.136. The number of carbonyl (C=O) groups excluding carboxylic acids is 1. The number of likely N-dealkylation sites (N-methyl/N-ethyl adjacent to an activating group) is 1. The van der Waals surface area contributed by atoms with Gasteiger partial charge in [-0.3, -0.25) is 4.79 Å². The summed E-state index contributed by atoms with van der Waals surface area (Å²) in [6, 6.07) is 23.2. The second kappa shape index (κ2) is 11.3. The summed E-state index contributed by atoms with van der Waals surface area (Å²) in [6.45, 7) is 0.423. The predicted octanol–water partition coefficient (Wildman–Crippen LogP) is 5.24. The van der Waals surface area contributed by atoms with Crippen molar-refractivity contribution in [1.29, 1.82) is 0 Å². The third-order valence-corrected chi connectivity index (χ3v) is 5.77. The van der Waals surface area contributed by atoms with E-state index < -0.39 is 0 Å². The van der Waals surface area contributed by atoms with Crippen molar-refractivity contribution in [2.45, 2.75) is 6.54 Å². The lowest BCUT2D eigenvalue weighted by molar-refractivity contribution is -0.125. The Balaban J connectivity index is 1.61. The highest BCUT2D eigenvalue weighted by Crippen LogP contribution is 2.32. The van der Waals surface area contributed by atoms with Crippen molar-refractivity contribution in [3.8, 4) is 34.2 Å². The molecule has 0 aliphatic rings. The molecule has 184 valence electrons. The number of hydrogen-bond donors (Lipinski definition) is 0. The van der Waals surface area contributed by atoms with Crippen molar-refractivity contribution >= 4 is 12.0 Å². The number of carbonyl (C=O) groups is 1. The molecule has 0 radical (unpaired) electrons. The largest absolute Gasteiger partial charge is 0.496 e. The number of para-hydroxylation sites is 2. The van der Waals surface area contributed by atoms with Crippen LogP contribution in [-0.2, 0) is 11.3 Å². The molecule has 7 heteroatoms.